The van der Waals surface area contributed by atoms with E-state index in [0.29, 0.717) is 41.8 Å². The molecule has 0 saturated heterocycles. The fourth-order valence-corrected chi connectivity index (χ4v) is 2.30. The van der Waals surface area contributed by atoms with Crippen molar-refractivity contribution in [3.05, 3.63) is 28.2 Å². The van der Waals surface area contributed by atoms with Crippen molar-refractivity contribution in [2.45, 2.75) is 25.7 Å². The standard InChI is InChI=1S/C15H19Cl2NO3/c16-11-3-1-4-12(14(11)17)21-8-2-5-13(20)18-9-15(10-19)6-7-15/h1,3-4,19H,2,5-10H2,(H,18,20). The monoisotopic (exact) mass is 331 g/mol. The van der Waals surface area contributed by atoms with E-state index >= 15 is 0 Å². The summed E-state index contributed by atoms with van der Waals surface area (Å²) < 4.78 is 5.51. The molecule has 6 heteroatoms. The predicted octanol–water partition coefficient (Wildman–Crippen LogP) is 3.04. The maximum atomic E-state index is 11.7. The molecule has 1 aliphatic rings. The van der Waals surface area contributed by atoms with Crippen LogP contribution < -0.4 is 10.1 Å². The zero-order chi connectivity index (χ0) is 15.3. The first-order valence-electron chi connectivity index (χ1n) is 7.01. The smallest absolute Gasteiger partial charge is 0.220 e. The van der Waals surface area contributed by atoms with Gasteiger partial charge in [-0.3, -0.25) is 4.79 Å². The summed E-state index contributed by atoms with van der Waals surface area (Å²) in [7, 11) is 0. The number of hydrogen-bond acceptors (Lipinski definition) is 3. The molecule has 0 aromatic heterocycles. The van der Waals surface area contributed by atoms with Crippen molar-refractivity contribution < 1.29 is 14.6 Å². The fourth-order valence-electron chi connectivity index (χ4n) is 1.95. The van der Waals surface area contributed by atoms with Gasteiger partial charge in [0.25, 0.3) is 0 Å². The van der Waals surface area contributed by atoms with E-state index in [1.165, 1.54) is 0 Å². The van der Waals surface area contributed by atoms with Crippen molar-refractivity contribution in [2.24, 2.45) is 5.41 Å². The Hall–Kier alpha value is -0.970. The van der Waals surface area contributed by atoms with Gasteiger partial charge in [0.05, 0.1) is 18.2 Å². The quantitative estimate of drug-likeness (QED) is 0.720. The lowest BCUT2D eigenvalue weighted by Crippen LogP contribution is -2.31. The average Bonchev–Trinajstić information content (AvgIpc) is 3.26. The van der Waals surface area contributed by atoms with E-state index in [1.54, 1.807) is 18.2 Å². The molecule has 0 heterocycles. The molecule has 1 aromatic carbocycles. The Morgan fingerprint density at radius 3 is 2.81 bits per heavy atom. The molecule has 21 heavy (non-hydrogen) atoms. The molecule has 0 radical (unpaired) electrons. The van der Waals surface area contributed by atoms with Gasteiger partial charge in [-0.15, -0.1) is 0 Å². The summed E-state index contributed by atoms with van der Waals surface area (Å²) in [4.78, 5) is 11.7. The van der Waals surface area contributed by atoms with Crippen LogP contribution in [0.5, 0.6) is 5.75 Å². The molecular weight excluding hydrogens is 313 g/mol. The number of aliphatic hydroxyl groups is 1. The first kappa shape index (κ1) is 16.4. The summed E-state index contributed by atoms with van der Waals surface area (Å²) in [5.41, 5.74) is -0.0551. The van der Waals surface area contributed by atoms with Crippen molar-refractivity contribution >= 4 is 29.1 Å². The van der Waals surface area contributed by atoms with Crippen LogP contribution in [0.2, 0.25) is 10.0 Å². The zero-order valence-electron chi connectivity index (χ0n) is 11.7. The Labute approximate surface area is 134 Å². The molecule has 0 spiro atoms. The second-order valence-electron chi connectivity index (χ2n) is 5.44. The second kappa shape index (κ2) is 7.34. The molecule has 1 aromatic rings. The number of benzene rings is 1. The minimum absolute atomic E-state index is 0.0180. The molecule has 1 amide bonds. The van der Waals surface area contributed by atoms with Crippen LogP contribution in [0.4, 0.5) is 0 Å². The minimum atomic E-state index is -0.0551. The highest BCUT2D eigenvalue weighted by Gasteiger charge is 2.41. The molecule has 4 nitrogen and oxygen atoms in total. The highest BCUT2D eigenvalue weighted by atomic mass is 35.5. The van der Waals surface area contributed by atoms with Crippen LogP contribution >= 0.6 is 23.2 Å². The first-order chi connectivity index (χ1) is 10.1. The third kappa shape index (κ3) is 4.77. The normalized spacial score (nSPS) is 15.6. The van der Waals surface area contributed by atoms with Gasteiger partial charge in [0.2, 0.25) is 5.91 Å². The number of halogens is 2. The predicted molar refractivity (Wildman–Crippen MR) is 83.0 cm³/mol. The van der Waals surface area contributed by atoms with Gasteiger partial charge in [0, 0.05) is 18.4 Å². The number of aliphatic hydroxyl groups excluding tert-OH is 1. The minimum Gasteiger partial charge on any atom is -0.492 e. The van der Waals surface area contributed by atoms with E-state index in [-0.39, 0.29) is 17.9 Å². The number of amides is 1. The van der Waals surface area contributed by atoms with E-state index in [1.807, 2.05) is 0 Å². The number of carbonyl (C=O) groups excluding carboxylic acids is 1. The summed E-state index contributed by atoms with van der Waals surface area (Å²) in [6.07, 6.45) is 2.96. The van der Waals surface area contributed by atoms with Crippen LogP contribution in [0.25, 0.3) is 0 Å². The summed E-state index contributed by atoms with van der Waals surface area (Å²) in [6, 6.07) is 5.20. The second-order valence-corrected chi connectivity index (χ2v) is 6.22. The Morgan fingerprint density at radius 2 is 2.14 bits per heavy atom. The van der Waals surface area contributed by atoms with Crippen molar-refractivity contribution in [1.82, 2.24) is 5.32 Å². The molecule has 0 unspecified atom stereocenters. The van der Waals surface area contributed by atoms with Crippen LogP contribution in [0.3, 0.4) is 0 Å². The number of hydrogen-bond donors (Lipinski definition) is 2. The van der Waals surface area contributed by atoms with Gasteiger partial charge in [-0.2, -0.15) is 0 Å². The summed E-state index contributed by atoms with van der Waals surface area (Å²) >= 11 is 11.9. The zero-order valence-corrected chi connectivity index (χ0v) is 13.2. The van der Waals surface area contributed by atoms with Crippen LogP contribution in [-0.4, -0.2) is 30.8 Å². The first-order valence-corrected chi connectivity index (χ1v) is 7.76. The van der Waals surface area contributed by atoms with Crippen molar-refractivity contribution in [3.8, 4) is 5.75 Å². The third-order valence-corrected chi connectivity index (χ3v) is 4.48. The molecule has 0 bridgehead atoms. The Kier molecular flexibility index (Phi) is 5.73. The van der Waals surface area contributed by atoms with Gasteiger partial charge >= 0.3 is 0 Å². The highest BCUT2D eigenvalue weighted by molar-refractivity contribution is 6.42. The molecule has 1 aliphatic carbocycles. The van der Waals surface area contributed by atoms with E-state index in [0.717, 1.165) is 12.8 Å². The summed E-state index contributed by atoms with van der Waals surface area (Å²) in [5.74, 6) is 0.511. The largest absolute Gasteiger partial charge is 0.492 e. The summed E-state index contributed by atoms with van der Waals surface area (Å²) in [6.45, 7) is 1.10. The van der Waals surface area contributed by atoms with E-state index in [9.17, 15) is 4.79 Å². The number of carbonyl (C=O) groups is 1. The van der Waals surface area contributed by atoms with Crippen LogP contribution in [0.15, 0.2) is 18.2 Å². The molecule has 1 saturated carbocycles. The number of rotatable bonds is 8. The van der Waals surface area contributed by atoms with E-state index in [2.05, 4.69) is 5.32 Å². The van der Waals surface area contributed by atoms with Crippen LogP contribution in [-0.2, 0) is 4.79 Å². The van der Waals surface area contributed by atoms with Gasteiger partial charge in [-0.05, 0) is 31.4 Å². The van der Waals surface area contributed by atoms with Crippen molar-refractivity contribution in [1.29, 1.82) is 0 Å². The topological polar surface area (TPSA) is 58.6 Å². The molecule has 0 atom stereocenters. The fraction of sp³-hybridized carbons (Fsp3) is 0.533. The Balaban J connectivity index is 1.63. The number of ether oxygens (including phenoxy) is 1. The number of nitrogens with one attached hydrogen (secondary N) is 1. The molecular formula is C15H19Cl2NO3. The third-order valence-electron chi connectivity index (χ3n) is 3.67. The van der Waals surface area contributed by atoms with Gasteiger partial charge < -0.3 is 15.2 Å². The van der Waals surface area contributed by atoms with Gasteiger partial charge in [-0.1, -0.05) is 29.3 Å². The SMILES string of the molecule is O=C(CCCOc1cccc(Cl)c1Cl)NCC1(CO)CC1. The maximum Gasteiger partial charge on any atom is 0.220 e. The molecule has 2 rings (SSSR count). The lowest BCUT2D eigenvalue weighted by molar-refractivity contribution is -0.121. The maximum absolute atomic E-state index is 11.7. The lowest BCUT2D eigenvalue weighted by atomic mass is 10.1. The van der Waals surface area contributed by atoms with Gasteiger partial charge in [0.15, 0.2) is 0 Å². The molecule has 0 aliphatic heterocycles. The van der Waals surface area contributed by atoms with Crippen LogP contribution in [0, 0.1) is 5.41 Å². The van der Waals surface area contributed by atoms with E-state index < -0.39 is 0 Å². The van der Waals surface area contributed by atoms with Crippen molar-refractivity contribution in [3.63, 3.8) is 0 Å². The molecule has 116 valence electrons. The van der Waals surface area contributed by atoms with E-state index in [4.69, 9.17) is 33.0 Å². The summed E-state index contributed by atoms with van der Waals surface area (Å²) in [5, 5.41) is 12.9. The average molecular weight is 332 g/mol. The van der Waals surface area contributed by atoms with Gasteiger partial charge in [-0.25, -0.2) is 0 Å². The Morgan fingerprint density at radius 1 is 1.38 bits per heavy atom. The van der Waals surface area contributed by atoms with Crippen molar-refractivity contribution in [2.75, 3.05) is 19.8 Å². The molecule has 1 fully saturated rings. The molecule has 2 N–H and O–H groups in total. The highest BCUT2D eigenvalue weighted by Crippen LogP contribution is 2.44. The van der Waals surface area contributed by atoms with Crippen LogP contribution in [0.1, 0.15) is 25.7 Å². The van der Waals surface area contributed by atoms with Gasteiger partial charge in [0.1, 0.15) is 10.8 Å². The lowest BCUT2D eigenvalue weighted by Gasteiger charge is -2.13. The Bertz CT molecular complexity index is 504.